The molecule has 21 heavy (non-hydrogen) atoms. The normalized spacial score (nSPS) is 16.5. The average Bonchev–Trinajstić information content (AvgIpc) is 2.55. The standard InChI is InChI=1S/C17H18N2O2/c1-21-14-9-7-13(8-10-14)18-17(20)16-11-6-12-4-2-3-5-15(12)19-16/h2-5,7-10,16,19H,6,11H2,1H3,(H,18,20). The molecule has 0 aliphatic carbocycles. The van der Waals surface area contributed by atoms with E-state index < -0.39 is 0 Å². The van der Waals surface area contributed by atoms with Gasteiger partial charge in [0, 0.05) is 11.4 Å². The van der Waals surface area contributed by atoms with Crippen LogP contribution in [-0.2, 0) is 11.2 Å². The van der Waals surface area contributed by atoms with E-state index in [4.69, 9.17) is 4.74 Å². The molecule has 0 saturated carbocycles. The smallest absolute Gasteiger partial charge is 0.246 e. The summed E-state index contributed by atoms with van der Waals surface area (Å²) in [5.74, 6) is 0.771. The van der Waals surface area contributed by atoms with Crippen LogP contribution < -0.4 is 15.4 Å². The van der Waals surface area contributed by atoms with Gasteiger partial charge in [0.2, 0.25) is 5.91 Å². The van der Waals surface area contributed by atoms with Gasteiger partial charge in [0.25, 0.3) is 0 Å². The Kier molecular flexibility index (Phi) is 3.77. The first-order chi connectivity index (χ1) is 10.3. The molecule has 1 aliphatic heterocycles. The van der Waals surface area contributed by atoms with Gasteiger partial charge in [-0.2, -0.15) is 0 Å². The molecule has 0 radical (unpaired) electrons. The molecule has 1 unspecified atom stereocenters. The Morgan fingerprint density at radius 2 is 1.95 bits per heavy atom. The van der Waals surface area contributed by atoms with Crippen LogP contribution in [0.1, 0.15) is 12.0 Å². The largest absolute Gasteiger partial charge is 0.497 e. The number of para-hydroxylation sites is 1. The van der Waals surface area contributed by atoms with Crippen LogP contribution in [0.25, 0.3) is 0 Å². The fourth-order valence-electron chi connectivity index (χ4n) is 2.54. The zero-order chi connectivity index (χ0) is 14.7. The van der Waals surface area contributed by atoms with E-state index in [1.807, 2.05) is 42.5 Å². The lowest BCUT2D eigenvalue weighted by Gasteiger charge is -2.26. The van der Waals surface area contributed by atoms with Gasteiger partial charge in [-0.1, -0.05) is 18.2 Å². The molecular weight excluding hydrogens is 264 g/mol. The Balaban J connectivity index is 1.66. The number of anilines is 2. The fourth-order valence-corrected chi connectivity index (χ4v) is 2.54. The number of fused-ring (bicyclic) bond motifs is 1. The number of aryl methyl sites for hydroxylation is 1. The lowest BCUT2D eigenvalue weighted by molar-refractivity contribution is -0.117. The summed E-state index contributed by atoms with van der Waals surface area (Å²) in [5, 5.41) is 6.24. The molecule has 4 nitrogen and oxygen atoms in total. The third-order valence-electron chi connectivity index (χ3n) is 3.72. The Hall–Kier alpha value is -2.49. The molecule has 1 heterocycles. The maximum atomic E-state index is 12.3. The van der Waals surface area contributed by atoms with Crippen molar-refractivity contribution in [3.63, 3.8) is 0 Å². The quantitative estimate of drug-likeness (QED) is 0.909. The summed E-state index contributed by atoms with van der Waals surface area (Å²) in [5.41, 5.74) is 3.10. The van der Waals surface area contributed by atoms with Gasteiger partial charge in [0.05, 0.1) is 7.11 Å². The zero-order valence-electron chi connectivity index (χ0n) is 11.9. The second kappa shape index (κ2) is 5.87. The fraction of sp³-hybridized carbons (Fsp3) is 0.235. The molecule has 4 heteroatoms. The number of ether oxygens (including phenoxy) is 1. The number of carbonyl (C=O) groups is 1. The molecule has 1 aliphatic rings. The molecule has 3 rings (SSSR count). The summed E-state index contributed by atoms with van der Waals surface area (Å²) in [6.45, 7) is 0. The Labute approximate surface area is 124 Å². The highest BCUT2D eigenvalue weighted by atomic mass is 16.5. The van der Waals surface area contributed by atoms with Crippen molar-refractivity contribution in [3.05, 3.63) is 54.1 Å². The van der Waals surface area contributed by atoms with Crippen molar-refractivity contribution in [2.45, 2.75) is 18.9 Å². The van der Waals surface area contributed by atoms with Crippen LogP contribution in [-0.4, -0.2) is 19.1 Å². The molecule has 2 aromatic carbocycles. The highest BCUT2D eigenvalue weighted by molar-refractivity contribution is 5.97. The Bertz CT molecular complexity index is 637. The predicted octanol–water partition coefficient (Wildman–Crippen LogP) is 3.06. The van der Waals surface area contributed by atoms with Gasteiger partial charge in [-0.15, -0.1) is 0 Å². The summed E-state index contributed by atoms with van der Waals surface area (Å²) in [6.07, 6.45) is 1.73. The highest BCUT2D eigenvalue weighted by Gasteiger charge is 2.23. The van der Waals surface area contributed by atoms with Gasteiger partial charge in [-0.25, -0.2) is 0 Å². The van der Waals surface area contributed by atoms with Crippen LogP contribution in [0.3, 0.4) is 0 Å². The van der Waals surface area contributed by atoms with Crippen LogP contribution in [0, 0.1) is 0 Å². The van der Waals surface area contributed by atoms with E-state index in [1.165, 1.54) is 5.56 Å². The predicted molar refractivity (Wildman–Crippen MR) is 83.8 cm³/mol. The molecule has 2 aromatic rings. The van der Waals surface area contributed by atoms with E-state index in [0.29, 0.717) is 0 Å². The van der Waals surface area contributed by atoms with Crippen molar-refractivity contribution in [3.8, 4) is 5.75 Å². The molecule has 1 atom stereocenters. The van der Waals surface area contributed by atoms with Gasteiger partial charge >= 0.3 is 0 Å². The summed E-state index contributed by atoms with van der Waals surface area (Å²) in [7, 11) is 1.62. The lowest BCUT2D eigenvalue weighted by atomic mass is 9.97. The summed E-state index contributed by atoms with van der Waals surface area (Å²) in [6, 6.07) is 15.3. The van der Waals surface area contributed by atoms with E-state index in [2.05, 4.69) is 16.7 Å². The first-order valence-electron chi connectivity index (χ1n) is 7.05. The minimum absolute atomic E-state index is 0.00494. The maximum absolute atomic E-state index is 12.3. The molecular formula is C17H18N2O2. The van der Waals surface area contributed by atoms with E-state index in [1.54, 1.807) is 7.11 Å². The maximum Gasteiger partial charge on any atom is 0.246 e. The second-order valence-electron chi connectivity index (χ2n) is 5.11. The van der Waals surface area contributed by atoms with Gasteiger partial charge < -0.3 is 15.4 Å². The van der Waals surface area contributed by atoms with Crippen molar-refractivity contribution >= 4 is 17.3 Å². The molecule has 0 aromatic heterocycles. The third kappa shape index (κ3) is 2.99. The highest BCUT2D eigenvalue weighted by Crippen LogP contribution is 2.25. The SMILES string of the molecule is COc1ccc(NC(=O)C2CCc3ccccc3N2)cc1. The van der Waals surface area contributed by atoms with Gasteiger partial charge in [0.15, 0.2) is 0 Å². The van der Waals surface area contributed by atoms with E-state index in [-0.39, 0.29) is 11.9 Å². The number of rotatable bonds is 3. The first-order valence-corrected chi connectivity index (χ1v) is 7.05. The molecule has 1 amide bonds. The zero-order valence-corrected chi connectivity index (χ0v) is 11.9. The van der Waals surface area contributed by atoms with Crippen molar-refractivity contribution in [2.75, 3.05) is 17.7 Å². The van der Waals surface area contributed by atoms with Crippen molar-refractivity contribution in [1.82, 2.24) is 0 Å². The van der Waals surface area contributed by atoms with Crippen LogP contribution in [0.2, 0.25) is 0 Å². The van der Waals surface area contributed by atoms with Crippen LogP contribution >= 0.6 is 0 Å². The minimum atomic E-state index is -0.193. The topological polar surface area (TPSA) is 50.4 Å². The number of benzene rings is 2. The van der Waals surface area contributed by atoms with Crippen molar-refractivity contribution < 1.29 is 9.53 Å². The summed E-state index contributed by atoms with van der Waals surface area (Å²) < 4.78 is 5.10. The van der Waals surface area contributed by atoms with Crippen LogP contribution in [0.15, 0.2) is 48.5 Å². The Morgan fingerprint density at radius 1 is 1.19 bits per heavy atom. The molecule has 108 valence electrons. The van der Waals surface area contributed by atoms with Gasteiger partial charge in [-0.3, -0.25) is 4.79 Å². The number of hydrogen-bond acceptors (Lipinski definition) is 3. The number of methoxy groups -OCH3 is 1. The monoisotopic (exact) mass is 282 g/mol. The van der Waals surface area contributed by atoms with E-state index >= 15 is 0 Å². The molecule has 0 bridgehead atoms. The molecule has 0 saturated heterocycles. The summed E-state index contributed by atoms with van der Waals surface area (Å²) >= 11 is 0. The number of carbonyl (C=O) groups excluding carboxylic acids is 1. The van der Waals surface area contributed by atoms with Crippen LogP contribution in [0.5, 0.6) is 5.75 Å². The number of hydrogen-bond donors (Lipinski definition) is 2. The van der Waals surface area contributed by atoms with Gasteiger partial charge in [0.1, 0.15) is 11.8 Å². The van der Waals surface area contributed by atoms with Gasteiger partial charge in [-0.05, 0) is 48.7 Å². The summed E-state index contributed by atoms with van der Waals surface area (Å²) in [4.78, 5) is 12.3. The first kappa shape index (κ1) is 13.5. The number of nitrogens with one attached hydrogen (secondary N) is 2. The second-order valence-corrected chi connectivity index (χ2v) is 5.11. The van der Waals surface area contributed by atoms with Crippen LogP contribution in [0.4, 0.5) is 11.4 Å². The minimum Gasteiger partial charge on any atom is -0.497 e. The molecule has 0 fully saturated rings. The lowest BCUT2D eigenvalue weighted by Crippen LogP contribution is -2.37. The third-order valence-corrected chi connectivity index (χ3v) is 3.72. The Morgan fingerprint density at radius 3 is 2.71 bits per heavy atom. The molecule has 2 N–H and O–H groups in total. The number of amides is 1. The van der Waals surface area contributed by atoms with Crippen molar-refractivity contribution in [2.24, 2.45) is 0 Å². The molecule has 0 spiro atoms. The van der Waals surface area contributed by atoms with E-state index in [0.717, 1.165) is 30.0 Å². The van der Waals surface area contributed by atoms with Crippen molar-refractivity contribution in [1.29, 1.82) is 0 Å². The van der Waals surface area contributed by atoms with E-state index in [9.17, 15) is 4.79 Å². The average molecular weight is 282 g/mol.